The smallest absolute Gasteiger partial charge is 0.307 e. The van der Waals surface area contributed by atoms with E-state index in [0.717, 1.165) is 68.2 Å². The normalized spacial score (nSPS) is 12.9. The Morgan fingerprint density at radius 2 is 1.95 bits per heavy atom. The molecule has 1 aliphatic rings. The summed E-state index contributed by atoms with van der Waals surface area (Å²) in [6.07, 6.45) is 3.48. The summed E-state index contributed by atoms with van der Waals surface area (Å²) in [5.74, 6) is -0.0922. The zero-order chi connectivity index (χ0) is 29.9. The Morgan fingerprint density at radius 1 is 1.17 bits per heavy atom. The molecular weight excluding hydrogens is 549 g/mol. The standard InChI is InChI=1S/C32H34N5O4P/c1-17-22-7-6-10-41-30(22)27(42)13-23(17)29-24(14-28(38)39)18(2)34-31-25(29)12-21(36(31)4)16-35(3)32(40)19-8-9-26-20(11-19)15-33-37(26)5/h8-9,11-13,15H,6-7,10,14,16,42H2,1-5H3,(H,38,39). The molecule has 216 valence electrons. The highest BCUT2D eigenvalue weighted by atomic mass is 31.0. The molecule has 1 aliphatic heterocycles. The molecule has 42 heavy (non-hydrogen) atoms. The predicted molar refractivity (Wildman–Crippen MR) is 167 cm³/mol. The van der Waals surface area contributed by atoms with Gasteiger partial charge in [-0.1, -0.05) is 0 Å². The summed E-state index contributed by atoms with van der Waals surface area (Å²) in [6.45, 7) is 5.01. The average molecular weight is 584 g/mol. The van der Waals surface area contributed by atoms with Crippen LogP contribution in [0.25, 0.3) is 33.1 Å². The zero-order valence-corrected chi connectivity index (χ0v) is 25.6. The lowest BCUT2D eigenvalue weighted by molar-refractivity contribution is -0.136. The van der Waals surface area contributed by atoms with Crippen molar-refractivity contribution in [1.82, 2.24) is 24.2 Å². The summed E-state index contributed by atoms with van der Waals surface area (Å²) < 4.78 is 9.80. The second-order valence-corrected chi connectivity index (χ2v) is 11.8. The van der Waals surface area contributed by atoms with Crippen LogP contribution in [0.2, 0.25) is 0 Å². The number of nitrogens with zero attached hydrogens (tertiary/aromatic N) is 5. The minimum absolute atomic E-state index is 0.0971. The Bertz CT molecular complexity index is 1920. The number of aryl methyl sites for hydroxylation is 3. The average Bonchev–Trinajstić information content (AvgIpc) is 3.49. The van der Waals surface area contributed by atoms with Gasteiger partial charge in [0.05, 0.1) is 31.3 Å². The van der Waals surface area contributed by atoms with Gasteiger partial charge in [-0.3, -0.25) is 14.3 Å². The van der Waals surface area contributed by atoms with Crippen LogP contribution in [0.1, 0.15) is 44.9 Å². The molecule has 0 radical (unpaired) electrons. The van der Waals surface area contributed by atoms with E-state index in [4.69, 9.17) is 9.72 Å². The first-order valence-corrected chi connectivity index (χ1v) is 14.5. The minimum Gasteiger partial charge on any atom is -0.493 e. The highest BCUT2D eigenvalue weighted by Gasteiger charge is 2.26. The van der Waals surface area contributed by atoms with Gasteiger partial charge in [-0.2, -0.15) is 5.10 Å². The van der Waals surface area contributed by atoms with Crippen molar-refractivity contribution in [3.63, 3.8) is 0 Å². The third kappa shape index (κ3) is 4.62. The fraction of sp³-hybridized carbons (Fsp3) is 0.312. The summed E-state index contributed by atoms with van der Waals surface area (Å²) >= 11 is 0. The maximum atomic E-state index is 13.5. The molecular formula is C32H34N5O4P. The van der Waals surface area contributed by atoms with Crippen LogP contribution >= 0.6 is 9.24 Å². The molecule has 0 aliphatic carbocycles. The molecule has 6 rings (SSSR count). The number of aromatic nitrogens is 4. The summed E-state index contributed by atoms with van der Waals surface area (Å²) in [6, 6.07) is 9.74. The van der Waals surface area contributed by atoms with Gasteiger partial charge in [-0.05, 0) is 84.8 Å². The van der Waals surface area contributed by atoms with Gasteiger partial charge >= 0.3 is 5.97 Å². The number of carboxylic acid groups (broad SMARTS) is 1. The predicted octanol–water partition coefficient (Wildman–Crippen LogP) is 4.47. The van der Waals surface area contributed by atoms with Crippen LogP contribution in [0.15, 0.2) is 36.5 Å². The van der Waals surface area contributed by atoms with Crippen molar-refractivity contribution in [2.45, 2.75) is 39.7 Å². The fourth-order valence-corrected chi connectivity index (χ4v) is 6.61. The van der Waals surface area contributed by atoms with Crippen LogP contribution in [0.3, 0.4) is 0 Å². The van der Waals surface area contributed by atoms with Gasteiger partial charge in [-0.25, -0.2) is 4.98 Å². The number of ether oxygens (including phenoxy) is 1. The van der Waals surface area contributed by atoms with Gasteiger partial charge in [0, 0.05) is 54.2 Å². The highest BCUT2D eigenvalue weighted by molar-refractivity contribution is 7.27. The van der Waals surface area contributed by atoms with Gasteiger partial charge in [0.1, 0.15) is 11.4 Å². The Balaban J connectivity index is 1.46. The van der Waals surface area contributed by atoms with E-state index in [1.807, 2.05) is 43.8 Å². The van der Waals surface area contributed by atoms with Gasteiger partial charge in [0.25, 0.3) is 5.91 Å². The number of hydrogen-bond donors (Lipinski definition) is 1. The van der Waals surface area contributed by atoms with E-state index >= 15 is 0 Å². The van der Waals surface area contributed by atoms with Crippen molar-refractivity contribution >= 4 is 48.4 Å². The Hall–Kier alpha value is -4.23. The summed E-state index contributed by atoms with van der Waals surface area (Å²) in [4.78, 5) is 32.1. The van der Waals surface area contributed by atoms with E-state index < -0.39 is 5.97 Å². The van der Waals surface area contributed by atoms with E-state index in [-0.39, 0.29) is 12.3 Å². The largest absolute Gasteiger partial charge is 0.493 e. The maximum Gasteiger partial charge on any atom is 0.307 e. The maximum absolute atomic E-state index is 13.5. The molecule has 2 aromatic carbocycles. The second kappa shape index (κ2) is 10.6. The fourth-order valence-electron chi connectivity index (χ4n) is 6.18. The number of benzene rings is 2. The van der Waals surface area contributed by atoms with Gasteiger partial charge in [-0.15, -0.1) is 9.24 Å². The van der Waals surface area contributed by atoms with E-state index in [2.05, 4.69) is 33.4 Å². The van der Waals surface area contributed by atoms with Gasteiger partial charge in [0.15, 0.2) is 0 Å². The van der Waals surface area contributed by atoms with Crippen LogP contribution in [-0.4, -0.2) is 54.9 Å². The van der Waals surface area contributed by atoms with Crippen molar-refractivity contribution in [3.8, 4) is 16.9 Å². The first-order valence-electron chi connectivity index (χ1n) is 14.0. The van der Waals surface area contributed by atoms with Crippen molar-refractivity contribution in [1.29, 1.82) is 0 Å². The molecule has 1 N–H and O–H groups in total. The number of aliphatic carboxylic acids is 1. The lowest BCUT2D eigenvalue weighted by Crippen LogP contribution is -2.27. The molecule has 1 unspecified atom stereocenters. The quantitative estimate of drug-likeness (QED) is 0.296. The topological polar surface area (TPSA) is 102 Å². The lowest BCUT2D eigenvalue weighted by atomic mass is 9.87. The molecule has 5 aromatic rings. The lowest BCUT2D eigenvalue weighted by Gasteiger charge is -2.24. The number of hydrogen-bond acceptors (Lipinski definition) is 5. The molecule has 0 bridgehead atoms. The molecule has 3 aromatic heterocycles. The van der Waals surface area contributed by atoms with Crippen molar-refractivity contribution in [2.24, 2.45) is 14.1 Å². The molecule has 0 saturated heterocycles. The zero-order valence-electron chi connectivity index (χ0n) is 24.5. The van der Waals surface area contributed by atoms with Gasteiger partial charge < -0.3 is 19.3 Å². The van der Waals surface area contributed by atoms with E-state index in [9.17, 15) is 14.7 Å². The number of carbonyl (C=O) groups excluding carboxylic acids is 1. The van der Waals surface area contributed by atoms with Crippen molar-refractivity contribution in [3.05, 3.63) is 70.2 Å². The van der Waals surface area contributed by atoms with Crippen LogP contribution in [0, 0.1) is 13.8 Å². The molecule has 4 heterocycles. The van der Waals surface area contributed by atoms with E-state index in [1.165, 1.54) is 5.56 Å². The molecule has 0 saturated carbocycles. The summed E-state index contributed by atoms with van der Waals surface area (Å²) in [5, 5.41) is 16.9. The van der Waals surface area contributed by atoms with Crippen molar-refractivity contribution in [2.75, 3.05) is 13.7 Å². The van der Waals surface area contributed by atoms with Crippen LogP contribution in [-0.2, 0) is 38.3 Å². The molecule has 0 spiro atoms. The first-order chi connectivity index (χ1) is 20.0. The molecule has 1 atom stereocenters. The number of amides is 1. The van der Waals surface area contributed by atoms with Crippen LogP contribution in [0.5, 0.6) is 5.75 Å². The highest BCUT2D eigenvalue weighted by Crippen LogP contribution is 2.40. The third-order valence-corrected chi connectivity index (χ3v) is 8.86. The van der Waals surface area contributed by atoms with Crippen LogP contribution in [0.4, 0.5) is 0 Å². The third-order valence-electron chi connectivity index (χ3n) is 8.43. The number of rotatable bonds is 6. The molecule has 1 amide bonds. The Labute approximate surface area is 246 Å². The Kier molecular flexibility index (Phi) is 7.01. The van der Waals surface area contributed by atoms with E-state index in [1.54, 1.807) is 22.8 Å². The van der Waals surface area contributed by atoms with E-state index in [0.29, 0.717) is 30.0 Å². The molecule has 9 nitrogen and oxygen atoms in total. The molecule has 0 fully saturated rings. The number of fused-ring (bicyclic) bond motifs is 3. The second-order valence-electron chi connectivity index (χ2n) is 11.2. The van der Waals surface area contributed by atoms with Gasteiger partial charge in [0.2, 0.25) is 0 Å². The number of pyridine rings is 1. The van der Waals surface area contributed by atoms with Crippen molar-refractivity contribution < 1.29 is 19.4 Å². The number of carbonyl (C=O) groups is 2. The minimum atomic E-state index is -0.905. The summed E-state index contributed by atoms with van der Waals surface area (Å²) in [5.41, 5.74) is 8.72. The monoisotopic (exact) mass is 583 g/mol. The Morgan fingerprint density at radius 3 is 2.71 bits per heavy atom. The number of carboxylic acids is 1. The first kappa shape index (κ1) is 27.9. The summed E-state index contributed by atoms with van der Waals surface area (Å²) in [7, 11) is 8.40. The molecule has 10 heteroatoms. The van der Waals surface area contributed by atoms with Crippen LogP contribution < -0.4 is 10.0 Å². The SMILES string of the molecule is Cc1nc2c(cc(CN(C)C(=O)c3ccc4c(cnn4C)c3)n2C)c(-c2cc(P)c3c(c2C)CCCO3)c1CC(=O)O.